The van der Waals surface area contributed by atoms with Crippen molar-refractivity contribution in [1.29, 1.82) is 0 Å². The molecule has 6 heteroatoms. The lowest BCUT2D eigenvalue weighted by atomic mass is 10.2. The molecule has 0 saturated carbocycles. The van der Waals surface area contributed by atoms with Crippen molar-refractivity contribution in [3.63, 3.8) is 0 Å². The Morgan fingerprint density at radius 1 is 1.25 bits per heavy atom. The second-order valence-corrected chi connectivity index (χ2v) is 5.36. The Labute approximate surface area is 147 Å². The number of rotatable bonds is 7. The highest BCUT2D eigenvalue weighted by atomic mass is 35.5. The van der Waals surface area contributed by atoms with Gasteiger partial charge in [0.05, 0.1) is 0 Å². The molecule has 0 saturated heterocycles. The van der Waals surface area contributed by atoms with Crippen LogP contribution < -0.4 is 15.4 Å². The molecule has 2 aromatic rings. The van der Waals surface area contributed by atoms with Crippen molar-refractivity contribution in [2.75, 3.05) is 13.7 Å². The van der Waals surface area contributed by atoms with E-state index in [2.05, 4.69) is 27.2 Å². The number of aliphatic imine (C=N–C) groups is 1. The zero-order valence-corrected chi connectivity index (χ0v) is 14.4. The third kappa shape index (κ3) is 5.59. The van der Waals surface area contributed by atoms with Crippen LogP contribution in [0.15, 0.2) is 60.2 Å². The lowest BCUT2D eigenvalue weighted by molar-refractivity contribution is 0.358. The van der Waals surface area contributed by atoms with Crippen LogP contribution in [0.3, 0.4) is 0 Å². The minimum atomic E-state index is 0.480. The molecule has 0 bridgehead atoms. The third-order valence-corrected chi connectivity index (χ3v) is 3.47. The number of benzene rings is 1. The summed E-state index contributed by atoms with van der Waals surface area (Å²) < 4.78 is 5.65. The van der Waals surface area contributed by atoms with E-state index in [4.69, 9.17) is 16.3 Å². The molecule has 0 aliphatic heterocycles. The number of nitrogens with zero attached hydrogens (tertiary/aromatic N) is 2. The number of halogens is 1. The molecule has 0 fully saturated rings. The average Bonchev–Trinajstić information content (AvgIpc) is 2.62. The SMILES string of the molecule is C=CCOc1ccccc1CNC(=NC)NCc1ccc(Cl)nc1. The molecule has 2 N–H and O–H groups in total. The van der Waals surface area contributed by atoms with E-state index >= 15 is 0 Å². The van der Waals surface area contributed by atoms with E-state index in [0.29, 0.717) is 30.8 Å². The summed E-state index contributed by atoms with van der Waals surface area (Å²) in [6, 6.07) is 11.6. The van der Waals surface area contributed by atoms with Gasteiger partial charge in [-0.25, -0.2) is 4.98 Å². The molecular weight excluding hydrogens is 324 g/mol. The second-order valence-electron chi connectivity index (χ2n) is 4.98. The fraction of sp³-hybridized carbons (Fsp3) is 0.222. The minimum Gasteiger partial charge on any atom is -0.489 e. The van der Waals surface area contributed by atoms with E-state index in [1.54, 1.807) is 25.4 Å². The molecule has 5 nitrogen and oxygen atoms in total. The highest BCUT2D eigenvalue weighted by molar-refractivity contribution is 6.29. The van der Waals surface area contributed by atoms with Crippen LogP contribution in [0.5, 0.6) is 5.75 Å². The highest BCUT2D eigenvalue weighted by Gasteiger charge is 2.04. The van der Waals surface area contributed by atoms with Crippen LogP contribution in [0.2, 0.25) is 5.15 Å². The predicted octanol–water partition coefficient (Wildman–Crippen LogP) is 3.17. The molecule has 0 unspecified atom stereocenters. The molecule has 0 amide bonds. The van der Waals surface area contributed by atoms with Gasteiger partial charge in [-0.15, -0.1) is 0 Å². The van der Waals surface area contributed by atoms with Crippen molar-refractivity contribution < 1.29 is 4.74 Å². The van der Waals surface area contributed by atoms with E-state index in [-0.39, 0.29) is 0 Å². The summed E-state index contributed by atoms with van der Waals surface area (Å²) in [6.45, 7) is 5.36. The fourth-order valence-corrected chi connectivity index (χ4v) is 2.15. The Hall–Kier alpha value is -2.53. The standard InChI is InChI=1S/C18H21ClN4O/c1-3-10-24-16-7-5-4-6-15(16)13-23-18(20-2)22-12-14-8-9-17(19)21-11-14/h3-9,11H,1,10,12-13H2,2H3,(H2,20,22,23). The molecule has 0 spiro atoms. The van der Waals surface area contributed by atoms with Gasteiger partial charge in [-0.2, -0.15) is 0 Å². The van der Waals surface area contributed by atoms with E-state index in [1.807, 2.05) is 30.3 Å². The van der Waals surface area contributed by atoms with Crippen LogP contribution in [0, 0.1) is 0 Å². The molecule has 1 aromatic heterocycles. The zero-order valence-electron chi connectivity index (χ0n) is 13.6. The smallest absolute Gasteiger partial charge is 0.191 e. The summed E-state index contributed by atoms with van der Waals surface area (Å²) >= 11 is 5.78. The number of guanidine groups is 1. The largest absolute Gasteiger partial charge is 0.489 e. The van der Waals surface area contributed by atoms with Gasteiger partial charge < -0.3 is 15.4 Å². The van der Waals surface area contributed by atoms with Gasteiger partial charge in [0.25, 0.3) is 0 Å². The molecule has 0 radical (unpaired) electrons. The van der Waals surface area contributed by atoms with Gasteiger partial charge >= 0.3 is 0 Å². The van der Waals surface area contributed by atoms with Crippen LogP contribution in [-0.2, 0) is 13.1 Å². The first kappa shape index (κ1) is 17.8. The Morgan fingerprint density at radius 3 is 2.75 bits per heavy atom. The monoisotopic (exact) mass is 344 g/mol. The molecule has 24 heavy (non-hydrogen) atoms. The number of hydrogen-bond acceptors (Lipinski definition) is 3. The maximum atomic E-state index is 5.78. The first-order chi connectivity index (χ1) is 11.7. The summed E-state index contributed by atoms with van der Waals surface area (Å²) in [5, 5.41) is 6.99. The third-order valence-electron chi connectivity index (χ3n) is 3.25. The summed E-state index contributed by atoms with van der Waals surface area (Å²) in [6.07, 6.45) is 3.46. The minimum absolute atomic E-state index is 0.480. The van der Waals surface area contributed by atoms with Crippen LogP contribution in [-0.4, -0.2) is 24.6 Å². The molecule has 126 valence electrons. The van der Waals surface area contributed by atoms with Crippen molar-refractivity contribution in [2.45, 2.75) is 13.1 Å². The van der Waals surface area contributed by atoms with E-state index in [1.165, 1.54) is 0 Å². The maximum Gasteiger partial charge on any atom is 0.191 e. The van der Waals surface area contributed by atoms with Crippen molar-refractivity contribution in [3.8, 4) is 5.75 Å². The number of nitrogens with one attached hydrogen (secondary N) is 2. The molecule has 1 heterocycles. The lowest BCUT2D eigenvalue weighted by Crippen LogP contribution is -2.36. The van der Waals surface area contributed by atoms with Gasteiger partial charge in [0, 0.05) is 31.9 Å². The van der Waals surface area contributed by atoms with Gasteiger partial charge in [0.15, 0.2) is 5.96 Å². The predicted molar refractivity (Wildman–Crippen MR) is 98.4 cm³/mol. The first-order valence-electron chi connectivity index (χ1n) is 7.59. The Morgan fingerprint density at radius 2 is 2.04 bits per heavy atom. The van der Waals surface area contributed by atoms with E-state index in [9.17, 15) is 0 Å². The highest BCUT2D eigenvalue weighted by Crippen LogP contribution is 2.17. The Bertz CT molecular complexity index is 686. The average molecular weight is 345 g/mol. The fourth-order valence-electron chi connectivity index (χ4n) is 2.04. The summed E-state index contributed by atoms with van der Waals surface area (Å²) in [7, 11) is 1.73. The van der Waals surface area contributed by atoms with Gasteiger partial charge in [-0.1, -0.05) is 48.5 Å². The second kappa shape index (κ2) is 9.57. The summed E-state index contributed by atoms with van der Waals surface area (Å²) in [5.74, 6) is 1.53. The zero-order chi connectivity index (χ0) is 17.2. The number of pyridine rings is 1. The number of para-hydroxylation sites is 1. The first-order valence-corrected chi connectivity index (χ1v) is 7.97. The molecule has 2 rings (SSSR count). The van der Waals surface area contributed by atoms with Crippen molar-refractivity contribution in [2.24, 2.45) is 4.99 Å². The summed E-state index contributed by atoms with van der Waals surface area (Å²) in [4.78, 5) is 8.28. The van der Waals surface area contributed by atoms with Crippen LogP contribution in [0.1, 0.15) is 11.1 Å². The lowest BCUT2D eigenvalue weighted by Gasteiger charge is -2.14. The van der Waals surface area contributed by atoms with Gasteiger partial charge in [-0.3, -0.25) is 4.99 Å². The number of aromatic nitrogens is 1. The van der Waals surface area contributed by atoms with Crippen LogP contribution in [0.25, 0.3) is 0 Å². The van der Waals surface area contributed by atoms with Gasteiger partial charge in [0.1, 0.15) is 17.5 Å². The summed E-state index contributed by atoms with van der Waals surface area (Å²) in [5.41, 5.74) is 2.08. The van der Waals surface area contributed by atoms with Crippen molar-refractivity contribution >= 4 is 17.6 Å². The van der Waals surface area contributed by atoms with Crippen molar-refractivity contribution in [3.05, 3.63) is 71.5 Å². The number of ether oxygens (including phenoxy) is 1. The molecule has 1 aromatic carbocycles. The Balaban J connectivity index is 1.89. The van der Waals surface area contributed by atoms with E-state index in [0.717, 1.165) is 16.9 Å². The van der Waals surface area contributed by atoms with Crippen LogP contribution in [0.4, 0.5) is 0 Å². The van der Waals surface area contributed by atoms with E-state index < -0.39 is 0 Å². The molecule has 0 atom stereocenters. The normalized spacial score (nSPS) is 11.0. The Kier molecular flexibility index (Phi) is 7.11. The molecule has 0 aliphatic carbocycles. The molecular formula is C18H21ClN4O. The quantitative estimate of drug-likeness (QED) is 0.350. The topological polar surface area (TPSA) is 58.5 Å². The van der Waals surface area contributed by atoms with Crippen molar-refractivity contribution in [1.82, 2.24) is 15.6 Å². The van der Waals surface area contributed by atoms with Crippen LogP contribution >= 0.6 is 11.6 Å². The number of hydrogen-bond donors (Lipinski definition) is 2. The van der Waals surface area contributed by atoms with Gasteiger partial charge in [-0.05, 0) is 17.7 Å². The van der Waals surface area contributed by atoms with Gasteiger partial charge in [0.2, 0.25) is 0 Å². The maximum absolute atomic E-state index is 5.78. The molecule has 0 aliphatic rings.